The van der Waals surface area contributed by atoms with Crippen molar-refractivity contribution >= 4 is 33.0 Å². The van der Waals surface area contributed by atoms with Crippen molar-refractivity contribution in [3.05, 3.63) is 42.5 Å². The Labute approximate surface area is 199 Å². The number of aryl methyl sites for hydroxylation is 1. The maximum Gasteiger partial charge on any atom is 0.309 e. The second kappa shape index (κ2) is 10.1. The molecule has 1 saturated heterocycles. The van der Waals surface area contributed by atoms with E-state index in [0.29, 0.717) is 49.8 Å². The van der Waals surface area contributed by atoms with Gasteiger partial charge in [-0.15, -0.1) is 0 Å². The number of carbonyl (C=O) groups is 1. The third-order valence-corrected chi connectivity index (χ3v) is 7.84. The summed E-state index contributed by atoms with van der Waals surface area (Å²) < 4.78 is 33.8. The van der Waals surface area contributed by atoms with E-state index in [9.17, 15) is 13.2 Å². The van der Waals surface area contributed by atoms with Gasteiger partial charge in [0.25, 0.3) is 0 Å². The van der Waals surface area contributed by atoms with Crippen LogP contribution in [-0.2, 0) is 32.7 Å². The number of carbonyl (C=O) groups excluding carboxylic acids is 1. The second-order valence-electron chi connectivity index (χ2n) is 8.54. The van der Waals surface area contributed by atoms with Crippen molar-refractivity contribution in [1.82, 2.24) is 23.8 Å². The van der Waals surface area contributed by atoms with Gasteiger partial charge in [-0.1, -0.05) is 6.92 Å². The summed E-state index contributed by atoms with van der Waals surface area (Å²) in [7, 11) is -0.568. The summed E-state index contributed by atoms with van der Waals surface area (Å²) in [5, 5.41) is 0. The average molecular weight is 487 g/mol. The minimum Gasteiger partial charge on any atom is -0.457 e. The van der Waals surface area contributed by atoms with Crippen molar-refractivity contribution < 1.29 is 17.9 Å². The van der Waals surface area contributed by atoms with Crippen LogP contribution >= 0.6 is 0 Å². The number of hydrogen-bond acceptors (Lipinski definition) is 8. The summed E-state index contributed by atoms with van der Waals surface area (Å²) in [6, 6.07) is 6.71. The normalized spacial score (nSPS) is 15.2. The molecule has 0 spiro atoms. The number of sulfonamides is 1. The predicted molar refractivity (Wildman–Crippen MR) is 128 cm³/mol. The number of rotatable bonds is 8. The van der Waals surface area contributed by atoms with E-state index >= 15 is 0 Å². The monoisotopic (exact) mass is 486 g/mol. The average Bonchev–Trinajstić information content (AvgIpc) is 3.20. The number of nitrogens with zero attached hydrogens (tertiary/aromatic N) is 6. The number of fused-ring (bicyclic) bond motifs is 1. The zero-order valence-corrected chi connectivity index (χ0v) is 20.5. The van der Waals surface area contributed by atoms with Crippen molar-refractivity contribution in [2.45, 2.75) is 44.2 Å². The Hall–Kier alpha value is -3.05. The molecular weight excluding hydrogens is 456 g/mol. The molecule has 2 aromatic heterocycles. The predicted octanol–water partition coefficient (Wildman–Crippen LogP) is 2.45. The lowest BCUT2D eigenvalue weighted by Gasteiger charge is -2.30. The van der Waals surface area contributed by atoms with Crippen molar-refractivity contribution in [3.63, 3.8) is 0 Å². The number of anilines is 1. The highest BCUT2D eigenvalue weighted by Gasteiger charge is 2.28. The SMILES string of the molecule is CCCn1c(COC(=O)C2CCN(c3ncccn3)CC2)nc2cc(S(=O)(=O)N(C)C)ccc21. The van der Waals surface area contributed by atoms with Crippen LogP contribution in [0.5, 0.6) is 0 Å². The molecule has 34 heavy (non-hydrogen) atoms. The number of ether oxygens (including phenoxy) is 1. The van der Waals surface area contributed by atoms with Crippen LogP contribution < -0.4 is 4.90 Å². The van der Waals surface area contributed by atoms with E-state index in [1.54, 1.807) is 36.7 Å². The molecule has 3 aromatic rings. The number of imidazole rings is 1. The molecule has 10 nitrogen and oxygen atoms in total. The van der Waals surface area contributed by atoms with Gasteiger partial charge in [0.2, 0.25) is 16.0 Å². The van der Waals surface area contributed by atoms with Gasteiger partial charge in [-0.05, 0) is 43.5 Å². The van der Waals surface area contributed by atoms with Crippen molar-refractivity contribution in [2.24, 2.45) is 5.92 Å². The minimum absolute atomic E-state index is 0.0469. The highest BCUT2D eigenvalue weighted by Crippen LogP contribution is 2.25. The first-order valence-electron chi connectivity index (χ1n) is 11.4. The Morgan fingerprint density at radius 3 is 2.53 bits per heavy atom. The maximum atomic E-state index is 12.8. The smallest absolute Gasteiger partial charge is 0.309 e. The lowest BCUT2D eigenvalue weighted by Crippen LogP contribution is -2.37. The molecule has 0 aliphatic carbocycles. The molecule has 182 valence electrons. The van der Waals surface area contributed by atoms with E-state index in [4.69, 9.17) is 4.74 Å². The highest BCUT2D eigenvalue weighted by atomic mass is 32.2. The highest BCUT2D eigenvalue weighted by molar-refractivity contribution is 7.89. The summed E-state index contributed by atoms with van der Waals surface area (Å²) >= 11 is 0. The minimum atomic E-state index is -3.56. The Bertz CT molecular complexity index is 1250. The Morgan fingerprint density at radius 2 is 1.88 bits per heavy atom. The molecule has 4 rings (SSSR count). The number of aromatic nitrogens is 4. The van der Waals surface area contributed by atoms with Crippen molar-refractivity contribution in [3.8, 4) is 0 Å². The second-order valence-corrected chi connectivity index (χ2v) is 10.7. The molecule has 1 aliphatic rings. The fraction of sp³-hybridized carbons (Fsp3) is 0.478. The molecule has 0 N–H and O–H groups in total. The van der Waals surface area contributed by atoms with Crippen LogP contribution in [0.15, 0.2) is 41.6 Å². The molecule has 1 aromatic carbocycles. The molecule has 0 unspecified atom stereocenters. The first-order chi connectivity index (χ1) is 16.3. The molecule has 3 heterocycles. The number of esters is 1. The first-order valence-corrected chi connectivity index (χ1v) is 12.9. The topological polar surface area (TPSA) is 111 Å². The quantitative estimate of drug-likeness (QED) is 0.447. The van der Waals surface area contributed by atoms with E-state index in [0.717, 1.165) is 11.9 Å². The van der Waals surface area contributed by atoms with E-state index in [2.05, 4.69) is 26.8 Å². The molecule has 0 atom stereocenters. The third-order valence-electron chi connectivity index (χ3n) is 6.03. The van der Waals surface area contributed by atoms with Gasteiger partial charge in [-0.2, -0.15) is 0 Å². The van der Waals surface area contributed by atoms with Crippen molar-refractivity contribution in [2.75, 3.05) is 32.1 Å². The van der Waals surface area contributed by atoms with Gasteiger partial charge in [-0.3, -0.25) is 4.79 Å². The van der Waals surface area contributed by atoms with Crippen LogP contribution in [0.2, 0.25) is 0 Å². The summed E-state index contributed by atoms with van der Waals surface area (Å²) in [6.07, 6.45) is 5.64. The van der Waals surface area contributed by atoms with Gasteiger partial charge >= 0.3 is 5.97 Å². The Balaban J connectivity index is 1.45. The molecular formula is C23H30N6O4S. The van der Waals surface area contributed by atoms with Crippen molar-refractivity contribution in [1.29, 1.82) is 0 Å². The van der Waals surface area contributed by atoms with E-state index in [1.807, 2.05) is 4.57 Å². The fourth-order valence-electron chi connectivity index (χ4n) is 4.14. The van der Waals surface area contributed by atoms with Crippen LogP contribution in [-0.4, -0.2) is 65.4 Å². The van der Waals surface area contributed by atoms with Crippen LogP contribution in [0.1, 0.15) is 32.0 Å². The standard InChI is InChI=1S/C23H30N6O4S/c1-4-12-29-20-7-6-18(34(31,32)27(2)3)15-19(20)26-21(29)16-33-22(30)17-8-13-28(14-9-17)23-24-10-5-11-25-23/h5-7,10-11,15,17H,4,8-9,12-14,16H2,1-3H3. The number of hydrogen-bond donors (Lipinski definition) is 0. The zero-order chi connectivity index (χ0) is 24.3. The van der Waals surface area contributed by atoms with Crippen LogP contribution in [0.25, 0.3) is 11.0 Å². The van der Waals surface area contributed by atoms with E-state index in [-0.39, 0.29) is 23.4 Å². The number of piperidine rings is 1. The first kappa shape index (κ1) is 24.1. The molecule has 11 heteroatoms. The maximum absolute atomic E-state index is 12.8. The molecule has 0 saturated carbocycles. The molecule has 0 radical (unpaired) electrons. The summed E-state index contributed by atoms with van der Waals surface area (Å²) in [4.78, 5) is 28.2. The summed E-state index contributed by atoms with van der Waals surface area (Å²) in [5.41, 5.74) is 1.39. The van der Waals surface area contributed by atoms with E-state index in [1.165, 1.54) is 18.4 Å². The zero-order valence-electron chi connectivity index (χ0n) is 19.7. The lowest BCUT2D eigenvalue weighted by molar-refractivity contribution is -0.150. The van der Waals surface area contributed by atoms with Gasteiger partial charge in [0.05, 0.1) is 21.8 Å². The molecule has 0 bridgehead atoms. The summed E-state index contributed by atoms with van der Waals surface area (Å²) in [5.74, 6) is 0.874. The van der Waals surface area contributed by atoms with Crippen LogP contribution in [0, 0.1) is 5.92 Å². The molecule has 1 fully saturated rings. The Kier molecular flexibility index (Phi) is 7.13. The fourth-order valence-corrected chi connectivity index (χ4v) is 5.06. The van der Waals surface area contributed by atoms with Gasteiger partial charge in [0.1, 0.15) is 12.4 Å². The van der Waals surface area contributed by atoms with Crippen LogP contribution in [0.4, 0.5) is 5.95 Å². The molecule has 0 amide bonds. The molecule has 1 aliphatic heterocycles. The largest absolute Gasteiger partial charge is 0.457 e. The van der Waals surface area contributed by atoms with Crippen LogP contribution in [0.3, 0.4) is 0 Å². The van der Waals surface area contributed by atoms with Gasteiger partial charge < -0.3 is 14.2 Å². The Morgan fingerprint density at radius 1 is 1.18 bits per heavy atom. The van der Waals surface area contributed by atoms with Gasteiger partial charge in [-0.25, -0.2) is 27.7 Å². The van der Waals surface area contributed by atoms with Gasteiger partial charge in [0, 0.05) is 46.1 Å². The summed E-state index contributed by atoms with van der Waals surface area (Å²) in [6.45, 7) is 4.18. The number of benzene rings is 1. The van der Waals surface area contributed by atoms with E-state index < -0.39 is 10.0 Å². The lowest BCUT2D eigenvalue weighted by atomic mass is 9.97. The third kappa shape index (κ3) is 4.90. The van der Waals surface area contributed by atoms with Gasteiger partial charge in [0.15, 0.2) is 0 Å².